The fraction of sp³-hybridized carbons (Fsp3) is 0.353. The van der Waals surface area contributed by atoms with Crippen molar-refractivity contribution < 1.29 is 13.2 Å². The van der Waals surface area contributed by atoms with E-state index in [0.717, 1.165) is 9.87 Å². The van der Waals surface area contributed by atoms with Gasteiger partial charge in [-0.1, -0.05) is 23.7 Å². The lowest BCUT2D eigenvalue weighted by atomic mass is 10.0. The van der Waals surface area contributed by atoms with E-state index < -0.39 is 10.0 Å². The zero-order chi connectivity index (χ0) is 18.4. The number of amides is 1. The maximum atomic E-state index is 12.3. The number of nitrogens with one attached hydrogen (secondary N) is 1. The van der Waals surface area contributed by atoms with Crippen molar-refractivity contribution in [2.75, 3.05) is 26.4 Å². The Balaban J connectivity index is 2.02. The van der Waals surface area contributed by atoms with E-state index in [0.29, 0.717) is 5.02 Å². The smallest absolute Gasteiger partial charge is 0.222 e. The minimum atomic E-state index is -3.32. The molecule has 0 radical (unpaired) electrons. The maximum absolute atomic E-state index is 12.3. The van der Waals surface area contributed by atoms with Crippen LogP contribution in [0.15, 0.2) is 48.8 Å². The van der Waals surface area contributed by atoms with E-state index in [1.807, 2.05) is 41.2 Å². The third-order valence-electron chi connectivity index (χ3n) is 3.86. The predicted molar refractivity (Wildman–Crippen MR) is 99.1 cm³/mol. The van der Waals surface area contributed by atoms with Crippen LogP contribution in [0.4, 0.5) is 0 Å². The normalized spacial score (nSPS) is 13.0. The Morgan fingerprint density at radius 1 is 1.20 bits per heavy atom. The summed E-state index contributed by atoms with van der Waals surface area (Å²) in [5.74, 6) is -0.330. The quantitative estimate of drug-likeness (QED) is 0.759. The second kappa shape index (κ2) is 8.51. The average molecular weight is 384 g/mol. The zero-order valence-corrected chi connectivity index (χ0v) is 15.8. The Kier molecular flexibility index (Phi) is 6.64. The van der Waals surface area contributed by atoms with Crippen LogP contribution in [0.2, 0.25) is 5.02 Å². The van der Waals surface area contributed by atoms with Crippen LogP contribution in [0.25, 0.3) is 0 Å². The van der Waals surface area contributed by atoms with Crippen molar-refractivity contribution in [2.24, 2.45) is 0 Å². The van der Waals surface area contributed by atoms with Gasteiger partial charge >= 0.3 is 0 Å². The molecule has 1 aromatic carbocycles. The van der Waals surface area contributed by atoms with Gasteiger partial charge in [-0.15, -0.1) is 0 Å². The maximum Gasteiger partial charge on any atom is 0.222 e. The second-order valence-corrected chi connectivity index (χ2v) is 8.59. The summed E-state index contributed by atoms with van der Waals surface area (Å²) >= 11 is 5.94. The summed E-state index contributed by atoms with van der Waals surface area (Å²) < 4.78 is 26.6. The van der Waals surface area contributed by atoms with Crippen LogP contribution >= 0.6 is 11.6 Å². The first-order valence-corrected chi connectivity index (χ1v) is 9.83. The van der Waals surface area contributed by atoms with Gasteiger partial charge in [-0.2, -0.15) is 0 Å². The SMILES string of the molecule is CN(C)S(=O)(=O)CCNC(=O)C[C@H](c1ccc(Cl)cc1)n1cccc1. The molecule has 0 saturated heterocycles. The highest BCUT2D eigenvalue weighted by atomic mass is 35.5. The van der Waals surface area contributed by atoms with E-state index in [1.54, 1.807) is 12.1 Å². The molecule has 6 nitrogen and oxygen atoms in total. The largest absolute Gasteiger partial charge is 0.355 e. The summed E-state index contributed by atoms with van der Waals surface area (Å²) in [5, 5.41) is 3.32. The average Bonchev–Trinajstić information content (AvgIpc) is 3.07. The third kappa shape index (κ3) is 5.59. The number of rotatable bonds is 8. The van der Waals surface area contributed by atoms with Crippen LogP contribution in [0, 0.1) is 0 Å². The van der Waals surface area contributed by atoms with E-state index >= 15 is 0 Å². The van der Waals surface area contributed by atoms with Crippen molar-refractivity contribution in [2.45, 2.75) is 12.5 Å². The minimum absolute atomic E-state index is 0.0817. The van der Waals surface area contributed by atoms with Gasteiger partial charge in [0, 0.05) is 38.1 Å². The van der Waals surface area contributed by atoms with Crippen LogP contribution in [-0.4, -0.2) is 49.6 Å². The summed E-state index contributed by atoms with van der Waals surface area (Å²) in [6.45, 7) is 0.0817. The van der Waals surface area contributed by atoms with Gasteiger partial charge in [0.1, 0.15) is 0 Å². The highest BCUT2D eigenvalue weighted by Crippen LogP contribution is 2.23. The molecule has 136 valence electrons. The Bertz CT molecular complexity index is 787. The van der Waals surface area contributed by atoms with Gasteiger partial charge in [0.15, 0.2) is 0 Å². The fourth-order valence-corrected chi connectivity index (χ4v) is 3.24. The van der Waals surface area contributed by atoms with E-state index in [2.05, 4.69) is 5.32 Å². The number of sulfonamides is 1. The Morgan fingerprint density at radius 2 is 1.80 bits per heavy atom. The molecule has 1 heterocycles. The lowest BCUT2D eigenvalue weighted by Crippen LogP contribution is -2.34. The molecule has 1 atom stereocenters. The van der Waals surface area contributed by atoms with Crippen molar-refractivity contribution in [1.29, 1.82) is 0 Å². The van der Waals surface area contributed by atoms with Crippen LogP contribution in [-0.2, 0) is 14.8 Å². The Morgan fingerprint density at radius 3 is 2.36 bits per heavy atom. The van der Waals surface area contributed by atoms with Crippen molar-refractivity contribution >= 4 is 27.5 Å². The van der Waals surface area contributed by atoms with Crippen molar-refractivity contribution in [3.63, 3.8) is 0 Å². The highest BCUT2D eigenvalue weighted by molar-refractivity contribution is 7.89. The molecule has 2 rings (SSSR count). The van der Waals surface area contributed by atoms with Crippen molar-refractivity contribution in [3.05, 3.63) is 59.4 Å². The van der Waals surface area contributed by atoms with E-state index in [1.165, 1.54) is 14.1 Å². The fourth-order valence-electron chi connectivity index (χ4n) is 2.39. The zero-order valence-electron chi connectivity index (χ0n) is 14.2. The molecule has 0 aliphatic carbocycles. The molecule has 1 N–H and O–H groups in total. The Hall–Kier alpha value is -1.83. The molecular formula is C17H22ClN3O3S. The van der Waals surface area contributed by atoms with Gasteiger partial charge in [0.2, 0.25) is 15.9 Å². The Labute approximate surface area is 153 Å². The number of carbonyl (C=O) groups excluding carboxylic acids is 1. The number of aromatic nitrogens is 1. The van der Waals surface area contributed by atoms with Crippen LogP contribution < -0.4 is 5.32 Å². The van der Waals surface area contributed by atoms with Gasteiger partial charge in [-0.3, -0.25) is 4.79 Å². The molecule has 0 aliphatic heterocycles. The number of benzene rings is 1. The van der Waals surface area contributed by atoms with Crippen molar-refractivity contribution in [1.82, 2.24) is 14.2 Å². The number of carbonyl (C=O) groups is 1. The molecule has 0 unspecified atom stereocenters. The first-order chi connectivity index (χ1) is 11.8. The lowest BCUT2D eigenvalue weighted by Gasteiger charge is -2.19. The van der Waals surface area contributed by atoms with E-state index in [9.17, 15) is 13.2 Å². The van der Waals surface area contributed by atoms with Gasteiger partial charge in [0.05, 0.1) is 18.2 Å². The van der Waals surface area contributed by atoms with Crippen molar-refractivity contribution in [3.8, 4) is 0 Å². The first-order valence-electron chi connectivity index (χ1n) is 7.84. The van der Waals surface area contributed by atoms with Crippen LogP contribution in [0.5, 0.6) is 0 Å². The molecule has 25 heavy (non-hydrogen) atoms. The molecular weight excluding hydrogens is 362 g/mol. The molecule has 1 amide bonds. The number of halogens is 1. The number of nitrogens with zero attached hydrogens (tertiary/aromatic N) is 2. The standard InChI is InChI=1S/C17H22ClN3O3S/c1-20(2)25(23,24)12-9-19-17(22)13-16(21-10-3-4-11-21)14-5-7-15(18)8-6-14/h3-8,10-11,16H,9,12-13H2,1-2H3,(H,19,22)/t16-/m1/s1. The number of hydrogen-bond donors (Lipinski definition) is 1. The lowest BCUT2D eigenvalue weighted by molar-refractivity contribution is -0.121. The van der Waals surface area contributed by atoms with Crippen LogP contribution in [0.3, 0.4) is 0 Å². The predicted octanol–water partition coefficient (Wildman–Crippen LogP) is 2.13. The molecule has 0 spiro atoms. The molecule has 0 aliphatic rings. The van der Waals surface area contributed by atoms with E-state index in [-0.39, 0.29) is 30.7 Å². The van der Waals surface area contributed by atoms with Gasteiger partial charge in [0.25, 0.3) is 0 Å². The van der Waals surface area contributed by atoms with Gasteiger partial charge in [-0.25, -0.2) is 12.7 Å². The van der Waals surface area contributed by atoms with Gasteiger partial charge < -0.3 is 9.88 Å². The topological polar surface area (TPSA) is 71.4 Å². The molecule has 0 fully saturated rings. The van der Waals surface area contributed by atoms with Gasteiger partial charge in [-0.05, 0) is 29.8 Å². The van der Waals surface area contributed by atoms with Crippen LogP contribution in [0.1, 0.15) is 18.0 Å². The minimum Gasteiger partial charge on any atom is -0.355 e. The molecule has 0 bridgehead atoms. The summed E-state index contributed by atoms with van der Waals surface area (Å²) in [6.07, 6.45) is 3.99. The first kappa shape index (κ1) is 19.5. The molecule has 2 aromatic rings. The molecule has 8 heteroatoms. The third-order valence-corrected chi connectivity index (χ3v) is 5.94. The monoisotopic (exact) mass is 383 g/mol. The summed E-state index contributed by atoms with van der Waals surface area (Å²) in [4.78, 5) is 12.3. The summed E-state index contributed by atoms with van der Waals surface area (Å²) in [5.41, 5.74) is 0.955. The summed E-state index contributed by atoms with van der Waals surface area (Å²) in [6, 6.07) is 10.9. The van der Waals surface area contributed by atoms with E-state index in [4.69, 9.17) is 11.6 Å². The number of hydrogen-bond acceptors (Lipinski definition) is 3. The highest BCUT2D eigenvalue weighted by Gasteiger charge is 2.18. The summed E-state index contributed by atoms with van der Waals surface area (Å²) in [7, 11) is -0.380. The second-order valence-electron chi connectivity index (χ2n) is 5.85. The molecule has 0 saturated carbocycles. The molecule has 1 aromatic heterocycles.